The zero-order valence-corrected chi connectivity index (χ0v) is 30.4. The Morgan fingerprint density at radius 1 is 0.596 bits per heavy atom. The van der Waals surface area contributed by atoms with Crippen LogP contribution in [0.3, 0.4) is 0 Å². The molecule has 0 amide bonds. The number of ether oxygens (including phenoxy) is 4. The van der Waals surface area contributed by atoms with Gasteiger partial charge >= 0.3 is 11.9 Å². The van der Waals surface area contributed by atoms with Crippen molar-refractivity contribution >= 4 is 33.0 Å². The second-order valence-corrected chi connectivity index (χ2v) is 16.0. The lowest BCUT2D eigenvalue weighted by Gasteiger charge is -2.20. The Hall–Kier alpha value is -4.67. The molecule has 0 saturated heterocycles. The molecule has 52 heavy (non-hydrogen) atoms. The predicted octanol–water partition coefficient (Wildman–Crippen LogP) is 7.51. The van der Waals surface area contributed by atoms with Gasteiger partial charge in [0.2, 0.25) is 5.82 Å². The van der Waals surface area contributed by atoms with Crippen molar-refractivity contribution in [3.63, 3.8) is 0 Å². The van der Waals surface area contributed by atoms with E-state index in [1.54, 1.807) is 47.6 Å². The number of halogens is 5. The Bertz CT molecular complexity index is 1860. The molecular weight excluding hydrogens is 736 g/mol. The second kappa shape index (κ2) is 17.2. The summed E-state index contributed by atoms with van der Waals surface area (Å²) in [6.45, 7) is 10.3. The van der Waals surface area contributed by atoms with E-state index in [9.17, 15) is 44.5 Å². The molecule has 0 aliphatic rings. The molecule has 0 aliphatic heterocycles. The summed E-state index contributed by atoms with van der Waals surface area (Å²) >= 11 is 0. The third kappa shape index (κ3) is 12.2. The highest BCUT2D eigenvalue weighted by Crippen LogP contribution is 2.36. The summed E-state index contributed by atoms with van der Waals surface area (Å²) in [5.41, 5.74) is -1.23. The maximum absolute atomic E-state index is 12.6. The van der Waals surface area contributed by atoms with Crippen molar-refractivity contribution in [2.24, 2.45) is 0 Å². The third-order valence-corrected chi connectivity index (χ3v) is 9.07. The molecule has 0 bridgehead atoms. The van der Waals surface area contributed by atoms with E-state index < -0.39 is 78.1 Å². The quantitative estimate of drug-likeness (QED) is 0.0402. The van der Waals surface area contributed by atoms with Crippen LogP contribution in [0.25, 0.3) is 0 Å². The molecule has 0 heterocycles. The minimum absolute atomic E-state index is 0.253. The highest BCUT2D eigenvalue weighted by Gasteiger charge is 2.31. The summed E-state index contributed by atoms with van der Waals surface area (Å²) in [5, 5.41) is 0. The van der Waals surface area contributed by atoms with Crippen molar-refractivity contribution in [3.8, 4) is 11.5 Å². The van der Waals surface area contributed by atoms with Gasteiger partial charge in [0, 0.05) is 18.2 Å². The van der Waals surface area contributed by atoms with Crippen molar-refractivity contribution in [1.82, 2.24) is 0 Å². The standard InChI is InChI=1S/C30H35O6S.C6HF5O3S/c1-29(2,3)35-27(31)20-33-22-17-23(34-21-28(32)36-30(4,5)6)19-26(18-22)37(24-13-9-7-10-14-24)25-15-11-8-12-16-25;7-1-2(8)4(10)6(15(12,13)14)5(11)3(1)9/h7-19H,20-21H2,1-6H3;(H,12,13,14)/q+1;/p-1. The lowest BCUT2D eigenvalue weighted by molar-refractivity contribution is -0.158. The molecule has 16 heteroatoms. The zero-order valence-electron chi connectivity index (χ0n) is 28.8. The van der Waals surface area contributed by atoms with Gasteiger partial charge in [-0.05, 0) is 65.8 Å². The van der Waals surface area contributed by atoms with Gasteiger partial charge in [-0.1, -0.05) is 36.4 Å². The van der Waals surface area contributed by atoms with Crippen LogP contribution in [0.2, 0.25) is 0 Å². The summed E-state index contributed by atoms with van der Waals surface area (Å²) in [5.74, 6) is -12.9. The summed E-state index contributed by atoms with van der Waals surface area (Å²) in [4.78, 5) is 25.3. The molecule has 0 saturated carbocycles. The molecule has 0 aromatic heterocycles. The summed E-state index contributed by atoms with van der Waals surface area (Å²) < 4.78 is 115. The van der Waals surface area contributed by atoms with Gasteiger partial charge in [0.15, 0.2) is 51.2 Å². The maximum atomic E-state index is 12.6. The molecule has 280 valence electrons. The maximum Gasteiger partial charge on any atom is 0.344 e. The lowest BCUT2D eigenvalue weighted by atomic mass is 10.2. The molecule has 0 unspecified atom stereocenters. The highest BCUT2D eigenvalue weighted by atomic mass is 32.2. The van der Waals surface area contributed by atoms with Crippen molar-refractivity contribution < 1.29 is 63.5 Å². The first-order valence-electron chi connectivity index (χ1n) is 15.2. The first-order chi connectivity index (χ1) is 24.1. The van der Waals surface area contributed by atoms with Gasteiger partial charge in [-0.2, -0.15) is 0 Å². The molecule has 0 N–H and O–H groups in total. The van der Waals surface area contributed by atoms with Gasteiger partial charge in [-0.25, -0.2) is 40.0 Å². The van der Waals surface area contributed by atoms with Crippen LogP contribution < -0.4 is 9.47 Å². The average Bonchev–Trinajstić information content (AvgIpc) is 3.04. The summed E-state index contributed by atoms with van der Waals surface area (Å²) in [7, 11) is -6.26. The van der Waals surface area contributed by atoms with E-state index in [0.29, 0.717) is 11.5 Å². The SMILES string of the molecule is CC(C)(C)OC(=O)COc1cc(OCC(=O)OC(C)(C)C)cc([S+](c2ccccc2)c2ccccc2)c1.O=S(=O)([O-])c1c(F)c(F)c(F)c(F)c1F. The Labute approximate surface area is 300 Å². The van der Waals surface area contributed by atoms with E-state index in [-0.39, 0.29) is 13.2 Å². The second-order valence-electron chi connectivity index (χ2n) is 12.7. The van der Waals surface area contributed by atoms with E-state index >= 15 is 0 Å². The van der Waals surface area contributed by atoms with E-state index in [0.717, 1.165) is 14.7 Å². The van der Waals surface area contributed by atoms with Gasteiger partial charge in [0.1, 0.15) is 37.7 Å². The molecule has 4 aromatic rings. The van der Waals surface area contributed by atoms with Gasteiger partial charge in [-0.3, -0.25) is 0 Å². The Kier molecular flexibility index (Phi) is 13.8. The molecule has 0 radical (unpaired) electrons. The molecule has 4 aromatic carbocycles. The van der Waals surface area contributed by atoms with Gasteiger partial charge < -0.3 is 23.5 Å². The molecule has 4 rings (SSSR count). The van der Waals surface area contributed by atoms with E-state index in [2.05, 4.69) is 24.3 Å². The molecule has 0 spiro atoms. The third-order valence-electron chi connectivity index (χ3n) is 6.02. The fourth-order valence-corrected chi connectivity index (χ4v) is 6.94. The molecule has 0 atom stereocenters. The highest BCUT2D eigenvalue weighted by molar-refractivity contribution is 7.97. The average molecular weight is 771 g/mol. The van der Waals surface area contributed by atoms with Crippen LogP contribution in [-0.2, 0) is 40.1 Å². The van der Waals surface area contributed by atoms with E-state index in [4.69, 9.17) is 18.9 Å². The largest absolute Gasteiger partial charge is 0.744 e. The van der Waals surface area contributed by atoms with E-state index in [1.807, 2.05) is 48.5 Å². The van der Waals surface area contributed by atoms with Crippen LogP contribution in [0.4, 0.5) is 22.0 Å². The Morgan fingerprint density at radius 2 is 0.942 bits per heavy atom. The van der Waals surface area contributed by atoms with Crippen LogP contribution in [0.15, 0.2) is 98.4 Å². The zero-order chi connectivity index (χ0) is 39.0. The van der Waals surface area contributed by atoms with Crippen molar-refractivity contribution in [2.75, 3.05) is 13.2 Å². The Morgan fingerprint density at radius 3 is 1.27 bits per heavy atom. The number of carbonyl (C=O) groups excluding carboxylic acids is 2. The molecule has 9 nitrogen and oxygen atoms in total. The number of carbonyl (C=O) groups is 2. The first kappa shape index (κ1) is 41.7. The fourth-order valence-electron chi connectivity index (χ4n) is 4.18. The van der Waals surface area contributed by atoms with Crippen molar-refractivity contribution in [2.45, 2.75) is 72.3 Å². The smallest absolute Gasteiger partial charge is 0.344 e. The first-order valence-corrected chi connectivity index (χ1v) is 17.9. The van der Waals surface area contributed by atoms with Crippen LogP contribution >= 0.6 is 0 Å². The normalized spacial score (nSPS) is 11.7. The van der Waals surface area contributed by atoms with Crippen LogP contribution in [0, 0.1) is 29.1 Å². The Balaban J connectivity index is 0.000000406. The van der Waals surface area contributed by atoms with Crippen molar-refractivity contribution in [1.29, 1.82) is 0 Å². The van der Waals surface area contributed by atoms with Gasteiger partial charge in [0.05, 0.1) is 10.9 Å². The number of benzene rings is 4. The molecular formula is C36H35F5O9S2. The summed E-state index contributed by atoms with van der Waals surface area (Å²) in [6, 6.07) is 25.7. The minimum atomic E-state index is -5.77. The lowest BCUT2D eigenvalue weighted by Crippen LogP contribution is -2.27. The van der Waals surface area contributed by atoms with Crippen LogP contribution in [0.5, 0.6) is 11.5 Å². The number of esters is 2. The predicted molar refractivity (Wildman–Crippen MR) is 178 cm³/mol. The van der Waals surface area contributed by atoms with Gasteiger partial charge in [0.25, 0.3) is 0 Å². The van der Waals surface area contributed by atoms with Crippen LogP contribution in [-0.4, -0.2) is 49.3 Å². The fraction of sp³-hybridized carbons (Fsp3) is 0.278. The van der Waals surface area contributed by atoms with Crippen LogP contribution in [0.1, 0.15) is 41.5 Å². The topological polar surface area (TPSA) is 128 Å². The molecule has 0 aliphatic carbocycles. The van der Waals surface area contributed by atoms with Gasteiger partial charge in [-0.15, -0.1) is 0 Å². The number of hydrogen-bond donors (Lipinski definition) is 0. The molecule has 0 fully saturated rings. The van der Waals surface area contributed by atoms with E-state index in [1.165, 1.54) is 0 Å². The summed E-state index contributed by atoms with van der Waals surface area (Å²) in [6.07, 6.45) is 0. The van der Waals surface area contributed by atoms with Crippen molar-refractivity contribution in [3.05, 3.63) is 108 Å². The number of rotatable bonds is 10. The number of hydrogen-bond acceptors (Lipinski definition) is 9. The monoisotopic (exact) mass is 770 g/mol. The minimum Gasteiger partial charge on any atom is -0.744 e.